The molecule has 1 aliphatic rings. The Bertz CT molecular complexity index is 299. The van der Waals surface area contributed by atoms with E-state index in [1.54, 1.807) is 0 Å². The van der Waals surface area contributed by atoms with Crippen LogP contribution in [0.4, 0.5) is 0 Å². The molecule has 1 fully saturated rings. The van der Waals surface area contributed by atoms with Gasteiger partial charge in [-0.05, 0) is 32.4 Å². The van der Waals surface area contributed by atoms with E-state index < -0.39 is 0 Å². The zero-order chi connectivity index (χ0) is 13.6. The van der Waals surface area contributed by atoms with Crippen LogP contribution in [0, 0.1) is 5.41 Å². The topological polar surface area (TPSA) is 55.6 Å². The summed E-state index contributed by atoms with van der Waals surface area (Å²) in [6, 6.07) is 0. The van der Waals surface area contributed by atoms with E-state index in [0.29, 0.717) is 18.1 Å². The van der Waals surface area contributed by atoms with Gasteiger partial charge >= 0.3 is 5.97 Å². The van der Waals surface area contributed by atoms with Crippen molar-refractivity contribution >= 4 is 23.2 Å². The van der Waals surface area contributed by atoms with E-state index in [0.717, 1.165) is 38.8 Å². The SMILES string of the molecule is CCCCOC(=O)CN1CCC(C)(C(N)=S)CC1. The Balaban J connectivity index is 2.27. The molecule has 1 rings (SSSR count). The van der Waals surface area contributed by atoms with Gasteiger partial charge in [0.05, 0.1) is 18.1 Å². The largest absolute Gasteiger partial charge is 0.465 e. The number of piperidine rings is 1. The summed E-state index contributed by atoms with van der Waals surface area (Å²) in [5.74, 6) is -0.123. The quantitative estimate of drug-likeness (QED) is 0.453. The Hall–Kier alpha value is -0.680. The number of unbranched alkanes of at least 4 members (excludes halogenated alkanes) is 1. The van der Waals surface area contributed by atoms with Crippen molar-refractivity contribution in [2.24, 2.45) is 11.1 Å². The van der Waals surface area contributed by atoms with Crippen LogP contribution < -0.4 is 5.73 Å². The summed E-state index contributed by atoms with van der Waals surface area (Å²) < 4.78 is 5.15. The fourth-order valence-electron chi connectivity index (χ4n) is 2.01. The van der Waals surface area contributed by atoms with Crippen LogP contribution in [0.5, 0.6) is 0 Å². The lowest BCUT2D eigenvalue weighted by atomic mass is 9.80. The Kier molecular flexibility index (Phi) is 6.02. The van der Waals surface area contributed by atoms with Crippen LogP contribution in [0.15, 0.2) is 0 Å². The highest BCUT2D eigenvalue weighted by Gasteiger charge is 2.33. The summed E-state index contributed by atoms with van der Waals surface area (Å²) in [5, 5.41) is 0. The zero-order valence-electron chi connectivity index (χ0n) is 11.4. The molecule has 0 aromatic heterocycles. The second-order valence-corrected chi connectivity index (χ2v) is 5.71. The minimum atomic E-state index is -0.123. The molecule has 0 aromatic rings. The van der Waals surface area contributed by atoms with Crippen molar-refractivity contribution in [3.63, 3.8) is 0 Å². The predicted molar refractivity (Wildman–Crippen MR) is 76.4 cm³/mol. The third kappa shape index (κ3) is 4.53. The summed E-state index contributed by atoms with van der Waals surface area (Å²) in [7, 11) is 0. The summed E-state index contributed by atoms with van der Waals surface area (Å²) in [4.78, 5) is 14.3. The number of hydrogen-bond donors (Lipinski definition) is 1. The molecule has 2 N–H and O–H groups in total. The average Bonchev–Trinajstić information content (AvgIpc) is 2.32. The van der Waals surface area contributed by atoms with E-state index in [2.05, 4.69) is 18.7 Å². The molecular weight excluding hydrogens is 248 g/mol. The molecule has 0 bridgehead atoms. The molecule has 0 unspecified atom stereocenters. The van der Waals surface area contributed by atoms with E-state index in [4.69, 9.17) is 22.7 Å². The summed E-state index contributed by atoms with van der Waals surface area (Å²) in [6.45, 7) is 6.82. The Labute approximate surface area is 115 Å². The van der Waals surface area contributed by atoms with Crippen molar-refractivity contribution in [3.05, 3.63) is 0 Å². The van der Waals surface area contributed by atoms with Crippen molar-refractivity contribution in [2.45, 2.75) is 39.5 Å². The first-order valence-electron chi connectivity index (χ1n) is 6.66. The van der Waals surface area contributed by atoms with Crippen LogP contribution in [0.1, 0.15) is 39.5 Å². The zero-order valence-corrected chi connectivity index (χ0v) is 12.2. The molecule has 0 radical (unpaired) electrons. The first-order chi connectivity index (χ1) is 8.48. The molecule has 0 aromatic carbocycles. The fraction of sp³-hybridized carbons (Fsp3) is 0.846. The van der Waals surface area contributed by atoms with E-state index in [9.17, 15) is 4.79 Å². The van der Waals surface area contributed by atoms with Gasteiger partial charge < -0.3 is 10.5 Å². The lowest BCUT2D eigenvalue weighted by Gasteiger charge is -2.38. The van der Waals surface area contributed by atoms with E-state index >= 15 is 0 Å². The Morgan fingerprint density at radius 3 is 2.56 bits per heavy atom. The number of rotatable bonds is 6. The van der Waals surface area contributed by atoms with Crippen LogP contribution >= 0.6 is 12.2 Å². The monoisotopic (exact) mass is 272 g/mol. The second-order valence-electron chi connectivity index (χ2n) is 5.28. The van der Waals surface area contributed by atoms with Gasteiger partial charge in [0.25, 0.3) is 0 Å². The standard InChI is InChI=1S/C13H24N2O2S/c1-3-4-9-17-11(16)10-15-7-5-13(2,6-8-15)12(14)18/h3-10H2,1-2H3,(H2,14,18). The number of nitrogens with zero attached hydrogens (tertiary/aromatic N) is 1. The average molecular weight is 272 g/mol. The molecule has 1 saturated heterocycles. The first kappa shape index (κ1) is 15.4. The molecule has 0 atom stereocenters. The van der Waals surface area contributed by atoms with Gasteiger partial charge in [0.2, 0.25) is 0 Å². The number of thiocarbonyl (C=S) groups is 1. The van der Waals surface area contributed by atoms with Crippen molar-refractivity contribution < 1.29 is 9.53 Å². The molecule has 1 aliphatic heterocycles. The summed E-state index contributed by atoms with van der Waals surface area (Å²) in [6.07, 6.45) is 3.82. The maximum atomic E-state index is 11.6. The van der Waals surface area contributed by atoms with Crippen LogP contribution in [0.3, 0.4) is 0 Å². The Morgan fingerprint density at radius 2 is 2.06 bits per heavy atom. The maximum Gasteiger partial charge on any atom is 0.320 e. The van der Waals surface area contributed by atoms with Gasteiger partial charge in [-0.25, -0.2) is 0 Å². The van der Waals surface area contributed by atoms with Gasteiger partial charge in [0.1, 0.15) is 0 Å². The van der Waals surface area contributed by atoms with Crippen LogP contribution in [-0.2, 0) is 9.53 Å². The van der Waals surface area contributed by atoms with Gasteiger partial charge in [-0.3, -0.25) is 9.69 Å². The molecule has 1 heterocycles. The smallest absolute Gasteiger partial charge is 0.320 e. The van der Waals surface area contributed by atoms with E-state index in [-0.39, 0.29) is 11.4 Å². The number of nitrogens with two attached hydrogens (primary N) is 1. The number of ether oxygens (including phenoxy) is 1. The third-order valence-electron chi connectivity index (χ3n) is 3.67. The van der Waals surface area contributed by atoms with Crippen LogP contribution in [0.25, 0.3) is 0 Å². The molecule has 4 nitrogen and oxygen atoms in total. The molecule has 0 saturated carbocycles. The molecule has 18 heavy (non-hydrogen) atoms. The van der Waals surface area contributed by atoms with Gasteiger partial charge in [-0.1, -0.05) is 32.5 Å². The minimum absolute atomic E-state index is 0.0437. The number of hydrogen-bond acceptors (Lipinski definition) is 4. The van der Waals surface area contributed by atoms with E-state index in [1.165, 1.54) is 0 Å². The first-order valence-corrected chi connectivity index (χ1v) is 7.06. The van der Waals surface area contributed by atoms with Crippen LogP contribution in [-0.4, -0.2) is 42.1 Å². The van der Waals surface area contributed by atoms with Crippen LogP contribution in [0.2, 0.25) is 0 Å². The van der Waals surface area contributed by atoms with E-state index in [1.807, 2.05) is 0 Å². The molecule has 0 spiro atoms. The maximum absolute atomic E-state index is 11.6. The summed E-state index contributed by atoms with van der Waals surface area (Å²) >= 11 is 5.09. The van der Waals surface area contributed by atoms with Crippen molar-refractivity contribution in [1.82, 2.24) is 4.90 Å². The fourth-order valence-corrected chi connectivity index (χ4v) is 2.21. The lowest BCUT2D eigenvalue weighted by molar-refractivity contribution is -0.145. The normalized spacial score (nSPS) is 19.4. The van der Waals surface area contributed by atoms with Gasteiger partial charge in [0, 0.05) is 5.41 Å². The molecular formula is C13H24N2O2S. The van der Waals surface area contributed by atoms with Gasteiger partial charge in [-0.2, -0.15) is 0 Å². The summed E-state index contributed by atoms with van der Waals surface area (Å²) in [5.41, 5.74) is 5.71. The minimum Gasteiger partial charge on any atom is -0.465 e. The van der Waals surface area contributed by atoms with Crippen molar-refractivity contribution in [2.75, 3.05) is 26.2 Å². The number of esters is 1. The van der Waals surface area contributed by atoms with Gasteiger partial charge in [-0.15, -0.1) is 0 Å². The lowest BCUT2D eigenvalue weighted by Crippen LogP contribution is -2.46. The number of likely N-dealkylation sites (tertiary alicyclic amines) is 1. The molecule has 5 heteroatoms. The molecule has 104 valence electrons. The highest BCUT2D eigenvalue weighted by molar-refractivity contribution is 7.80. The van der Waals surface area contributed by atoms with Crippen molar-refractivity contribution in [3.8, 4) is 0 Å². The predicted octanol–water partition coefficient (Wildman–Crippen LogP) is 1.72. The highest BCUT2D eigenvalue weighted by Crippen LogP contribution is 2.30. The number of carbonyl (C=O) groups excluding carboxylic acids is 1. The van der Waals surface area contributed by atoms with Crippen molar-refractivity contribution in [1.29, 1.82) is 0 Å². The number of carbonyl (C=O) groups is 1. The third-order valence-corrected chi connectivity index (χ3v) is 4.16. The molecule has 0 aliphatic carbocycles. The van der Waals surface area contributed by atoms with Gasteiger partial charge in [0.15, 0.2) is 0 Å². The second kappa shape index (κ2) is 7.04. The molecule has 0 amide bonds. The highest BCUT2D eigenvalue weighted by atomic mass is 32.1. The Morgan fingerprint density at radius 1 is 1.44 bits per heavy atom.